The SMILES string of the molecule is Cc1cc(N2C(=O)C3CCCCC3C2=O)sc1C(=O)O. The lowest BCUT2D eigenvalue weighted by molar-refractivity contribution is -0.122. The minimum absolute atomic E-state index is 0.155. The van der Waals surface area contributed by atoms with E-state index in [0.717, 1.165) is 37.0 Å². The van der Waals surface area contributed by atoms with Gasteiger partial charge in [-0.1, -0.05) is 12.8 Å². The lowest BCUT2D eigenvalue weighted by Crippen LogP contribution is -2.30. The monoisotopic (exact) mass is 293 g/mol. The van der Waals surface area contributed by atoms with Crippen LogP contribution in [0, 0.1) is 18.8 Å². The first-order valence-corrected chi connectivity index (χ1v) is 7.54. The lowest BCUT2D eigenvalue weighted by atomic mass is 9.81. The Morgan fingerprint density at radius 2 is 1.80 bits per heavy atom. The first-order chi connectivity index (χ1) is 9.50. The van der Waals surface area contributed by atoms with Crippen molar-refractivity contribution in [2.24, 2.45) is 11.8 Å². The van der Waals surface area contributed by atoms with Crippen molar-refractivity contribution in [3.8, 4) is 0 Å². The molecular weight excluding hydrogens is 278 g/mol. The third-order valence-corrected chi connectivity index (χ3v) is 5.37. The van der Waals surface area contributed by atoms with Crippen LogP contribution in [-0.2, 0) is 9.59 Å². The molecule has 1 N–H and O–H groups in total. The van der Waals surface area contributed by atoms with Crippen molar-refractivity contribution < 1.29 is 19.5 Å². The minimum atomic E-state index is -1.02. The number of amides is 2. The second-order valence-corrected chi connectivity index (χ2v) is 6.44. The molecule has 0 spiro atoms. The Kier molecular flexibility index (Phi) is 3.12. The number of nitrogens with zero attached hydrogens (tertiary/aromatic N) is 1. The van der Waals surface area contributed by atoms with Crippen LogP contribution >= 0.6 is 11.3 Å². The van der Waals surface area contributed by atoms with Crippen LogP contribution in [0.2, 0.25) is 0 Å². The highest BCUT2D eigenvalue weighted by Crippen LogP contribution is 2.42. The Labute approximate surface area is 120 Å². The lowest BCUT2D eigenvalue weighted by Gasteiger charge is -2.19. The highest BCUT2D eigenvalue weighted by atomic mass is 32.1. The molecule has 1 saturated heterocycles. The fourth-order valence-electron chi connectivity index (χ4n) is 3.17. The molecule has 2 heterocycles. The normalized spacial score (nSPS) is 25.9. The molecule has 2 aliphatic rings. The van der Waals surface area contributed by atoms with E-state index >= 15 is 0 Å². The molecule has 106 valence electrons. The number of rotatable bonds is 2. The van der Waals surface area contributed by atoms with Crippen LogP contribution in [0.5, 0.6) is 0 Å². The topological polar surface area (TPSA) is 74.7 Å². The smallest absolute Gasteiger partial charge is 0.346 e. The van der Waals surface area contributed by atoms with Crippen LogP contribution in [-0.4, -0.2) is 22.9 Å². The molecule has 0 radical (unpaired) electrons. The summed E-state index contributed by atoms with van der Waals surface area (Å²) in [5.74, 6) is -1.73. The predicted octanol–water partition coefficient (Wildman–Crippen LogP) is 2.43. The van der Waals surface area contributed by atoms with E-state index in [9.17, 15) is 14.4 Å². The zero-order valence-electron chi connectivity index (χ0n) is 11.1. The molecule has 0 aromatic carbocycles. The Morgan fingerprint density at radius 3 is 2.25 bits per heavy atom. The van der Waals surface area contributed by atoms with Crippen molar-refractivity contribution in [2.45, 2.75) is 32.6 Å². The van der Waals surface area contributed by atoms with E-state index in [1.54, 1.807) is 13.0 Å². The van der Waals surface area contributed by atoms with E-state index in [-0.39, 0.29) is 28.5 Å². The van der Waals surface area contributed by atoms with Crippen molar-refractivity contribution in [1.29, 1.82) is 0 Å². The molecule has 1 aromatic rings. The molecule has 1 saturated carbocycles. The van der Waals surface area contributed by atoms with E-state index < -0.39 is 5.97 Å². The van der Waals surface area contributed by atoms with Crippen LogP contribution in [0.4, 0.5) is 5.00 Å². The zero-order chi connectivity index (χ0) is 14.4. The summed E-state index contributed by atoms with van der Waals surface area (Å²) in [6.45, 7) is 1.68. The molecule has 2 amide bonds. The number of hydrogen-bond acceptors (Lipinski definition) is 4. The fourth-order valence-corrected chi connectivity index (χ4v) is 4.19. The average Bonchev–Trinajstić information content (AvgIpc) is 2.90. The molecule has 2 atom stereocenters. The van der Waals surface area contributed by atoms with Gasteiger partial charge >= 0.3 is 5.97 Å². The van der Waals surface area contributed by atoms with Crippen LogP contribution < -0.4 is 4.90 Å². The summed E-state index contributed by atoms with van der Waals surface area (Å²) in [4.78, 5) is 37.3. The molecule has 2 fully saturated rings. The minimum Gasteiger partial charge on any atom is -0.477 e. The summed E-state index contributed by atoms with van der Waals surface area (Å²) in [5, 5.41) is 9.53. The number of thiophene rings is 1. The predicted molar refractivity (Wildman–Crippen MR) is 74.0 cm³/mol. The van der Waals surface area contributed by atoms with Gasteiger partial charge in [-0.05, 0) is 31.4 Å². The highest BCUT2D eigenvalue weighted by molar-refractivity contribution is 7.18. The summed E-state index contributed by atoms with van der Waals surface area (Å²) >= 11 is 1.00. The van der Waals surface area contributed by atoms with Gasteiger partial charge in [0, 0.05) is 0 Å². The first kappa shape index (κ1) is 13.3. The standard InChI is InChI=1S/C14H15NO4S/c1-7-6-10(20-11(7)14(18)19)15-12(16)8-4-2-3-5-9(8)13(15)17/h6,8-9H,2-5H2,1H3,(H,18,19). The average molecular weight is 293 g/mol. The summed E-state index contributed by atoms with van der Waals surface area (Å²) in [7, 11) is 0. The van der Waals surface area contributed by atoms with Gasteiger partial charge in [-0.2, -0.15) is 0 Å². The number of imide groups is 1. The Balaban J connectivity index is 1.97. The number of carbonyl (C=O) groups excluding carboxylic acids is 2. The van der Waals surface area contributed by atoms with Crippen molar-refractivity contribution in [3.05, 3.63) is 16.5 Å². The second-order valence-electron chi connectivity index (χ2n) is 5.41. The third kappa shape index (κ3) is 1.86. The molecule has 2 unspecified atom stereocenters. The van der Waals surface area contributed by atoms with Gasteiger partial charge in [0.2, 0.25) is 11.8 Å². The third-order valence-electron chi connectivity index (χ3n) is 4.16. The van der Waals surface area contributed by atoms with E-state index in [0.29, 0.717) is 10.6 Å². The number of aryl methyl sites for hydroxylation is 1. The molecule has 0 bridgehead atoms. The van der Waals surface area contributed by atoms with Crippen molar-refractivity contribution in [2.75, 3.05) is 4.90 Å². The maximum absolute atomic E-state index is 12.4. The van der Waals surface area contributed by atoms with Gasteiger partial charge in [-0.3, -0.25) is 9.59 Å². The largest absolute Gasteiger partial charge is 0.477 e. The number of carboxylic acids is 1. The van der Waals surface area contributed by atoms with E-state index in [2.05, 4.69) is 0 Å². The van der Waals surface area contributed by atoms with Crippen LogP contribution in [0.3, 0.4) is 0 Å². The highest BCUT2D eigenvalue weighted by Gasteiger charge is 2.49. The fraction of sp³-hybridized carbons (Fsp3) is 0.500. The number of hydrogen-bond donors (Lipinski definition) is 1. The molecule has 1 aliphatic heterocycles. The van der Waals surface area contributed by atoms with Crippen molar-refractivity contribution in [1.82, 2.24) is 0 Å². The number of carboxylic acid groups (broad SMARTS) is 1. The molecule has 3 rings (SSSR count). The van der Waals surface area contributed by atoms with Gasteiger partial charge in [0.05, 0.1) is 11.8 Å². The first-order valence-electron chi connectivity index (χ1n) is 6.72. The molecule has 1 aromatic heterocycles. The number of carbonyl (C=O) groups is 3. The number of anilines is 1. The van der Waals surface area contributed by atoms with Crippen molar-refractivity contribution in [3.63, 3.8) is 0 Å². The summed E-state index contributed by atoms with van der Waals surface area (Å²) in [5.41, 5.74) is 0.591. The molecular formula is C14H15NO4S. The van der Waals surface area contributed by atoms with Gasteiger partial charge < -0.3 is 5.11 Å². The molecule has 1 aliphatic carbocycles. The zero-order valence-corrected chi connectivity index (χ0v) is 11.9. The maximum atomic E-state index is 12.4. The van der Waals surface area contributed by atoms with Crippen LogP contribution in [0.25, 0.3) is 0 Å². The summed E-state index contributed by atoms with van der Waals surface area (Å²) in [6.07, 6.45) is 3.50. The van der Waals surface area contributed by atoms with E-state index in [4.69, 9.17) is 5.11 Å². The summed E-state index contributed by atoms with van der Waals surface area (Å²) < 4.78 is 0. The Morgan fingerprint density at radius 1 is 1.25 bits per heavy atom. The molecule has 6 heteroatoms. The Hall–Kier alpha value is -1.69. The number of fused-ring (bicyclic) bond motifs is 1. The van der Waals surface area contributed by atoms with Gasteiger partial charge in [-0.15, -0.1) is 11.3 Å². The van der Waals surface area contributed by atoms with Crippen LogP contribution in [0.1, 0.15) is 40.9 Å². The van der Waals surface area contributed by atoms with Gasteiger partial charge in [-0.25, -0.2) is 9.69 Å². The quantitative estimate of drug-likeness (QED) is 0.850. The van der Waals surface area contributed by atoms with Gasteiger partial charge in [0.25, 0.3) is 0 Å². The Bertz CT molecular complexity index is 582. The molecule has 5 nitrogen and oxygen atoms in total. The number of aromatic carboxylic acids is 1. The maximum Gasteiger partial charge on any atom is 0.346 e. The van der Waals surface area contributed by atoms with Crippen molar-refractivity contribution >= 4 is 34.1 Å². The van der Waals surface area contributed by atoms with E-state index in [1.807, 2.05) is 0 Å². The van der Waals surface area contributed by atoms with Gasteiger partial charge in [0.1, 0.15) is 9.88 Å². The molecule has 20 heavy (non-hydrogen) atoms. The van der Waals surface area contributed by atoms with Crippen LogP contribution in [0.15, 0.2) is 6.07 Å². The van der Waals surface area contributed by atoms with E-state index in [1.165, 1.54) is 4.90 Å². The summed E-state index contributed by atoms with van der Waals surface area (Å²) in [6, 6.07) is 1.63. The van der Waals surface area contributed by atoms with Gasteiger partial charge in [0.15, 0.2) is 0 Å². The second kappa shape index (κ2) is 4.70.